The fourth-order valence-electron chi connectivity index (χ4n) is 4.31. The molecule has 0 bridgehead atoms. The van der Waals surface area contributed by atoms with Gasteiger partial charge in [-0.3, -0.25) is 4.90 Å². The number of halogens is 3. The van der Waals surface area contributed by atoms with E-state index in [4.69, 9.17) is 10.7 Å². The van der Waals surface area contributed by atoms with Crippen molar-refractivity contribution < 1.29 is 13.2 Å². The minimum atomic E-state index is -4.17. The summed E-state index contributed by atoms with van der Waals surface area (Å²) >= 11 is 0. The molecule has 1 aliphatic carbocycles. The van der Waals surface area contributed by atoms with Gasteiger partial charge < -0.3 is 16.0 Å². The maximum Gasteiger partial charge on any atom is 0.401 e. The van der Waals surface area contributed by atoms with Crippen LogP contribution in [-0.2, 0) is 0 Å². The molecule has 0 aromatic carbocycles. The van der Waals surface area contributed by atoms with Gasteiger partial charge >= 0.3 is 6.18 Å². The Kier molecular flexibility index (Phi) is 5.86. The summed E-state index contributed by atoms with van der Waals surface area (Å²) in [6.45, 7) is 5.88. The van der Waals surface area contributed by atoms with Gasteiger partial charge in [-0.05, 0) is 52.2 Å². The zero-order valence-electron chi connectivity index (χ0n) is 16.3. The molecule has 8 heteroatoms. The van der Waals surface area contributed by atoms with Gasteiger partial charge in [0.25, 0.3) is 0 Å². The summed E-state index contributed by atoms with van der Waals surface area (Å²) in [6.07, 6.45) is -1.09. The molecule has 4 atom stereocenters. The van der Waals surface area contributed by atoms with Crippen LogP contribution >= 0.6 is 0 Å². The molecule has 0 radical (unpaired) electrons. The third-order valence-corrected chi connectivity index (χ3v) is 5.69. The van der Waals surface area contributed by atoms with Crippen molar-refractivity contribution in [1.82, 2.24) is 9.88 Å². The van der Waals surface area contributed by atoms with Gasteiger partial charge in [-0.1, -0.05) is 0 Å². The number of nitrogens with zero attached hydrogens (tertiary/aromatic N) is 3. The van der Waals surface area contributed by atoms with Crippen LogP contribution in [0.5, 0.6) is 0 Å². The van der Waals surface area contributed by atoms with Crippen molar-refractivity contribution >= 4 is 11.5 Å². The lowest BCUT2D eigenvalue weighted by Crippen LogP contribution is -2.59. The van der Waals surface area contributed by atoms with Gasteiger partial charge in [0.05, 0.1) is 17.9 Å². The number of nitrogens with two attached hydrogens (primary N) is 1. The highest BCUT2D eigenvalue weighted by molar-refractivity contribution is 5.54. The van der Waals surface area contributed by atoms with E-state index in [2.05, 4.69) is 10.2 Å². The largest absolute Gasteiger partial charge is 0.401 e. The zero-order chi connectivity index (χ0) is 19.8. The highest BCUT2D eigenvalue weighted by Gasteiger charge is 2.38. The first kappa shape index (κ1) is 20.2. The molecule has 1 aromatic heterocycles. The average molecular weight is 385 g/mol. The monoisotopic (exact) mass is 385 g/mol. The number of aryl methyl sites for hydroxylation is 1. The lowest BCUT2D eigenvalue weighted by molar-refractivity contribution is -0.156. The van der Waals surface area contributed by atoms with E-state index in [-0.39, 0.29) is 18.1 Å². The Labute approximate surface area is 159 Å². The van der Waals surface area contributed by atoms with Crippen LogP contribution < -0.4 is 16.0 Å². The van der Waals surface area contributed by atoms with E-state index in [0.717, 1.165) is 36.5 Å². The lowest BCUT2D eigenvalue weighted by atomic mass is 10.1. The number of rotatable bonds is 4. The van der Waals surface area contributed by atoms with Crippen molar-refractivity contribution in [1.29, 1.82) is 0 Å². The van der Waals surface area contributed by atoms with E-state index in [1.807, 2.05) is 32.9 Å². The van der Waals surface area contributed by atoms with E-state index in [9.17, 15) is 13.2 Å². The van der Waals surface area contributed by atoms with Gasteiger partial charge in [0.15, 0.2) is 0 Å². The number of piperazine rings is 1. The number of pyridine rings is 1. The van der Waals surface area contributed by atoms with Crippen LogP contribution in [0, 0.1) is 6.92 Å². The quantitative estimate of drug-likeness (QED) is 0.834. The maximum absolute atomic E-state index is 12.8. The highest BCUT2D eigenvalue weighted by atomic mass is 19.4. The topological polar surface area (TPSA) is 57.4 Å². The molecule has 152 valence electrons. The Bertz CT molecular complexity index is 639. The third kappa shape index (κ3) is 5.04. The van der Waals surface area contributed by atoms with Crippen molar-refractivity contribution in [2.75, 3.05) is 29.9 Å². The molecule has 0 spiro atoms. The minimum absolute atomic E-state index is 0.185. The van der Waals surface area contributed by atoms with Crippen molar-refractivity contribution in [3.05, 3.63) is 17.8 Å². The molecule has 1 saturated carbocycles. The van der Waals surface area contributed by atoms with E-state index in [1.54, 1.807) is 0 Å². The van der Waals surface area contributed by atoms with E-state index < -0.39 is 12.7 Å². The van der Waals surface area contributed by atoms with Gasteiger partial charge in [-0.25, -0.2) is 4.98 Å². The van der Waals surface area contributed by atoms with Crippen molar-refractivity contribution in [3.63, 3.8) is 0 Å². The fraction of sp³-hybridized carbons (Fsp3) is 0.737. The molecule has 1 saturated heterocycles. The van der Waals surface area contributed by atoms with Crippen molar-refractivity contribution in [2.45, 2.75) is 70.4 Å². The molecule has 2 aliphatic rings. The van der Waals surface area contributed by atoms with Crippen molar-refractivity contribution in [3.8, 4) is 0 Å². The molecule has 5 nitrogen and oxygen atoms in total. The standard InChI is InChI=1S/C19H30F3N5/c1-12-9-26(10-13(2)27(12)11-19(20,21)22)18-7-6-17(14(3)24-18)25-16-5-4-15(23)8-16/h6-7,12-13,15-16,25H,4-5,8-11,23H2,1-3H3/t12-,13+,15?,16?. The molecule has 0 amide bonds. The number of alkyl halides is 3. The molecule has 3 rings (SSSR count). The van der Waals surface area contributed by atoms with E-state index in [1.165, 1.54) is 4.90 Å². The third-order valence-electron chi connectivity index (χ3n) is 5.69. The number of nitrogens with one attached hydrogen (secondary N) is 1. The highest BCUT2D eigenvalue weighted by Crippen LogP contribution is 2.28. The van der Waals surface area contributed by atoms with Crippen LogP contribution in [0.25, 0.3) is 0 Å². The Morgan fingerprint density at radius 3 is 2.37 bits per heavy atom. The smallest absolute Gasteiger partial charge is 0.381 e. The number of aromatic nitrogens is 1. The van der Waals surface area contributed by atoms with E-state index in [0.29, 0.717) is 19.1 Å². The molecule has 1 aromatic rings. The van der Waals surface area contributed by atoms with Gasteiger partial charge in [0, 0.05) is 37.3 Å². The van der Waals surface area contributed by atoms with Gasteiger partial charge in [0.2, 0.25) is 0 Å². The summed E-state index contributed by atoms with van der Waals surface area (Å²) in [5.74, 6) is 0.825. The average Bonchev–Trinajstić information content (AvgIpc) is 2.97. The second-order valence-corrected chi connectivity index (χ2v) is 8.11. The predicted molar refractivity (Wildman–Crippen MR) is 102 cm³/mol. The molecular weight excluding hydrogens is 355 g/mol. The lowest BCUT2D eigenvalue weighted by Gasteiger charge is -2.45. The summed E-state index contributed by atoms with van der Waals surface area (Å²) in [4.78, 5) is 8.34. The molecule has 3 N–H and O–H groups in total. The SMILES string of the molecule is Cc1nc(N2C[C@@H](C)N(CC(F)(F)F)[C@@H](C)C2)ccc1NC1CCC(N)C1. The van der Waals surface area contributed by atoms with Crippen LogP contribution in [0.4, 0.5) is 24.7 Å². The van der Waals surface area contributed by atoms with Crippen LogP contribution in [0.15, 0.2) is 12.1 Å². The second-order valence-electron chi connectivity index (χ2n) is 8.11. The van der Waals surface area contributed by atoms with Crippen LogP contribution in [0.1, 0.15) is 38.8 Å². The molecule has 2 heterocycles. The first-order valence-corrected chi connectivity index (χ1v) is 9.69. The van der Waals surface area contributed by atoms with Gasteiger partial charge in [-0.2, -0.15) is 13.2 Å². The molecule has 1 aliphatic heterocycles. The van der Waals surface area contributed by atoms with Crippen LogP contribution in [0.3, 0.4) is 0 Å². The fourth-order valence-corrected chi connectivity index (χ4v) is 4.31. The summed E-state index contributed by atoms with van der Waals surface area (Å²) in [6, 6.07) is 4.27. The summed E-state index contributed by atoms with van der Waals surface area (Å²) < 4.78 is 38.4. The van der Waals surface area contributed by atoms with Gasteiger partial charge in [-0.15, -0.1) is 0 Å². The Morgan fingerprint density at radius 1 is 1.19 bits per heavy atom. The predicted octanol–water partition coefficient (Wildman–Crippen LogP) is 3.14. The molecule has 2 fully saturated rings. The minimum Gasteiger partial charge on any atom is -0.381 e. The zero-order valence-corrected chi connectivity index (χ0v) is 16.3. The number of anilines is 2. The number of hydrogen-bond donors (Lipinski definition) is 2. The van der Waals surface area contributed by atoms with Crippen LogP contribution in [0.2, 0.25) is 0 Å². The van der Waals surface area contributed by atoms with E-state index >= 15 is 0 Å². The number of hydrogen-bond acceptors (Lipinski definition) is 5. The van der Waals surface area contributed by atoms with Crippen LogP contribution in [-0.4, -0.2) is 59.9 Å². The Balaban J connectivity index is 1.66. The normalized spacial score (nSPS) is 30.0. The summed E-state index contributed by atoms with van der Waals surface area (Å²) in [5.41, 5.74) is 7.89. The molecule has 27 heavy (non-hydrogen) atoms. The Hall–Kier alpha value is -1.54. The maximum atomic E-state index is 12.8. The molecule has 2 unspecified atom stereocenters. The van der Waals surface area contributed by atoms with Crippen molar-refractivity contribution in [2.24, 2.45) is 5.73 Å². The summed E-state index contributed by atoms with van der Waals surface area (Å²) in [7, 11) is 0. The molecular formula is C19H30F3N5. The first-order chi connectivity index (χ1) is 12.6. The second kappa shape index (κ2) is 7.83. The Morgan fingerprint density at radius 2 is 1.85 bits per heavy atom. The van der Waals surface area contributed by atoms with Gasteiger partial charge in [0.1, 0.15) is 5.82 Å². The summed E-state index contributed by atoms with van der Waals surface area (Å²) in [5, 5.41) is 3.53. The first-order valence-electron chi connectivity index (χ1n) is 9.69.